The van der Waals surface area contributed by atoms with Gasteiger partial charge in [0.05, 0.1) is 0 Å². The van der Waals surface area contributed by atoms with Crippen LogP contribution in [-0.4, -0.2) is 0 Å². The van der Waals surface area contributed by atoms with E-state index in [1.165, 1.54) is 19.3 Å². The molecule has 0 N–H and O–H groups in total. The molecule has 0 radical (unpaired) electrons. The maximum atomic E-state index is 3.65. The van der Waals surface area contributed by atoms with Crippen LogP contribution in [0.2, 0.25) is 0 Å². The fourth-order valence-electron chi connectivity index (χ4n) is 0.682. The lowest BCUT2D eigenvalue weighted by Crippen LogP contribution is -1.59. The summed E-state index contributed by atoms with van der Waals surface area (Å²) in [5.41, 5.74) is 1.65. The summed E-state index contributed by atoms with van der Waals surface area (Å²) in [5, 5.41) is 0. The zero-order valence-corrected chi connectivity index (χ0v) is 5.19. The van der Waals surface area contributed by atoms with Crippen LogP contribution in [-0.2, 0) is 0 Å². The molecule has 0 heteroatoms. The van der Waals surface area contributed by atoms with E-state index in [4.69, 9.17) is 0 Å². The van der Waals surface area contributed by atoms with Crippen LogP contribution >= 0.6 is 0 Å². The van der Waals surface area contributed by atoms with Crippen LogP contribution in [0.1, 0.15) is 25.7 Å². The molecule has 1 rings (SSSR count). The van der Waals surface area contributed by atoms with Gasteiger partial charge < -0.3 is 0 Å². The standard InChI is InChI=1S/C8H12/c1-2-3-4-5-8-6-7-8/h2,5H,1,3-4,6-7H2. The van der Waals surface area contributed by atoms with Crippen molar-refractivity contribution < 1.29 is 0 Å². The molecule has 1 aliphatic carbocycles. The van der Waals surface area contributed by atoms with Crippen LogP contribution in [0.5, 0.6) is 0 Å². The van der Waals surface area contributed by atoms with Crippen LogP contribution in [0.3, 0.4) is 0 Å². The van der Waals surface area contributed by atoms with Crippen LogP contribution in [0, 0.1) is 0 Å². The zero-order chi connectivity index (χ0) is 5.82. The molecule has 0 bridgehead atoms. The molecule has 0 aromatic heterocycles. The maximum absolute atomic E-state index is 3.65. The van der Waals surface area contributed by atoms with Crippen molar-refractivity contribution in [3.63, 3.8) is 0 Å². The first-order valence-corrected chi connectivity index (χ1v) is 3.22. The Labute approximate surface area is 50.9 Å². The lowest BCUT2D eigenvalue weighted by molar-refractivity contribution is 1.05. The lowest BCUT2D eigenvalue weighted by Gasteiger charge is -1.80. The van der Waals surface area contributed by atoms with Gasteiger partial charge >= 0.3 is 0 Å². The van der Waals surface area contributed by atoms with Gasteiger partial charge in [0.2, 0.25) is 0 Å². The Morgan fingerprint density at radius 2 is 2.12 bits per heavy atom. The molecule has 0 saturated heterocycles. The van der Waals surface area contributed by atoms with Crippen molar-refractivity contribution in [3.8, 4) is 0 Å². The van der Waals surface area contributed by atoms with Crippen molar-refractivity contribution in [2.75, 3.05) is 0 Å². The highest BCUT2D eigenvalue weighted by Gasteiger charge is 2.08. The summed E-state index contributed by atoms with van der Waals surface area (Å²) in [6.45, 7) is 3.65. The van der Waals surface area contributed by atoms with Crippen molar-refractivity contribution in [3.05, 3.63) is 24.3 Å². The summed E-state index contributed by atoms with van der Waals surface area (Å²) < 4.78 is 0. The number of unbranched alkanes of at least 4 members (excludes halogenated alkanes) is 1. The molecular weight excluding hydrogens is 96.1 g/mol. The Hall–Kier alpha value is -0.520. The SMILES string of the molecule is C=CCCC=C1CC1. The third-order valence-corrected chi connectivity index (χ3v) is 1.34. The predicted octanol–water partition coefficient (Wildman–Crippen LogP) is 2.67. The van der Waals surface area contributed by atoms with Gasteiger partial charge in [-0.1, -0.05) is 17.7 Å². The molecule has 0 aromatic carbocycles. The van der Waals surface area contributed by atoms with E-state index in [1.54, 1.807) is 5.57 Å². The lowest BCUT2D eigenvalue weighted by atomic mass is 10.3. The number of hydrogen-bond donors (Lipinski definition) is 0. The smallest absolute Gasteiger partial charge is 0.0283 e. The van der Waals surface area contributed by atoms with Crippen LogP contribution in [0.25, 0.3) is 0 Å². The normalized spacial score (nSPS) is 15.8. The van der Waals surface area contributed by atoms with E-state index in [2.05, 4.69) is 12.7 Å². The van der Waals surface area contributed by atoms with E-state index < -0.39 is 0 Å². The molecule has 0 unspecified atom stereocenters. The highest BCUT2D eigenvalue weighted by molar-refractivity contribution is 5.15. The summed E-state index contributed by atoms with van der Waals surface area (Å²) in [7, 11) is 0. The number of allylic oxidation sites excluding steroid dienone is 3. The second-order valence-electron chi connectivity index (χ2n) is 2.23. The van der Waals surface area contributed by atoms with Crippen molar-refractivity contribution >= 4 is 0 Å². The van der Waals surface area contributed by atoms with Crippen LogP contribution in [0.4, 0.5) is 0 Å². The van der Waals surface area contributed by atoms with Gasteiger partial charge in [0.1, 0.15) is 0 Å². The van der Waals surface area contributed by atoms with Crippen LogP contribution < -0.4 is 0 Å². The van der Waals surface area contributed by atoms with Crippen molar-refractivity contribution in [2.45, 2.75) is 25.7 Å². The first-order valence-electron chi connectivity index (χ1n) is 3.22. The van der Waals surface area contributed by atoms with Gasteiger partial charge in [0.25, 0.3) is 0 Å². The van der Waals surface area contributed by atoms with Gasteiger partial charge in [-0.05, 0) is 25.7 Å². The third-order valence-electron chi connectivity index (χ3n) is 1.34. The van der Waals surface area contributed by atoms with Crippen molar-refractivity contribution in [1.29, 1.82) is 0 Å². The highest BCUT2D eigenvalue weighted by atomic mass is 14.1. The quantitative estimate of drug-likeness (QED) is 0.385. The zero-order valence-electron chi connectivity index (χ0n) is 5.19. The van der Waals surface area contributed by atoms with E-state index in [9.17, 15) is 0 Å². The first kappa shape index (κ1) is 5.61. The number of hydrogen-bond acceptors (Lipinski definition) is 0. The molecule has 0 nitrogen and oxygen atoms in total. The predicted molar refractivity (Wildman–Crippen MR) is 36.7 cm³/mol. The highest BCUT2D eigenvalue weighted by Crippen LogP contribution is 2.27. The summed E-state index contributed by atoms with van der Waals surface area (Å²) in [5.74, 6) is 0. The molecule has 0 aliphatic heterocycles. The summed E-state index contributed by atoms with van der Waals surface area (Å²) in [6, 6.07) is 0. The fraction of sp³-hybridized carbons (Fsp3) is 0.500. The van der Waals surface area contributed by atoms with Gasteiger partial charge in [0.15, 0.2) is 0 Å². The third kappa shape index (κ3) is 1.97. The minimum absolute atomic E-state index is 1.14. The molecule has 0 spiro atoms. The second-order valence-corrected chi connectivity index (χ2v) is 2.23. The van der Waals surface area contributed by atoms with E-state index in [1.807, 2.05) is 6.08 Å². The molecule has 0 aromatic rings. The van der Waals surface area contributed by atoms with Gasteiger partial charge in [-0.3, -0.25) is 0 Å². The summed E-state index contributed by atoms with van der Waals surface area (Å²) in [6.07, 6.45) is 9.37. The van der Waals surface area contributed by atoms with E-state index in [0.29, 0.717) is 0 Å². The second kappa shape index (κ2) is 2.71. The topological polar surface area (TPSA) is 0 Å². The van der Waals surface area contributed by atoms with E-state index in [0.717, 1.165) is 6.42 Å². The Bertz CT molecular complexity index is 103. The molecule has 0 heterocycles. The number of rotatable bonds is 3. The fourth-order valence-corrected chi connectivity index (χ4v) is 0.682. The van der Waals surface area contributed by atoms with Gasteiger partial charge in [0, 0.05) is 0 Å². The molecule has 1 aliphatic rings. The average molecular weight is 108 g/mol. The van der Waals surface area contributed by atoms with Crippen LogP contribution in [0.15, 0.2) is 24.3 Å². The Morgan fingerprint density at radius 1 is 1.38 bits per heavy atom. The Morgan fingerprint density at radius 3 is 2.62 bits per heavy atom. The summed E-state index contributed by atoms with van der Waals surface area (Å²) >= 11 is 0. The Kier molecular flexibility index (Phi) is 1.90. The molecule has 8 heavy (non-hydrogen) atoms. The average Bonchev–Trinajstić information content (AvgIpc) is 2.51. The molecular formula is C8H12. The summed E-state index contributed by atoms with van der Waals surface area (Å²) in [4.78, 5) is 0. The molecule has 1 saturated carbocycles. The van der Waals surface area contributed by atoms with Gasteiger partial charge in [-0.2, -0.15) is 0 Å². The minimum atomic E-state index is 1.14. The van der Waals surface area contributed by atoms with Gasteiger partial charge in [-0.15, -0.1) is 6.58 Å². The van der Waals surface area contributed by atoms with E-state index >= 15 is 0 Å². The first-order chi connectivity index (χ1) is 3.93. The molecule has 0 amide bonds. The molecule has 0 atom stereocenters. The minimum Gasteiger partial charge on any atom is -0.103 e. The molecule has 1 fully saturated rings. The monoisotopic (exact) mass is 108 g/mol. The van der Waals surface area contributed by atoms with E-state index in [-0.39, 0.29) is 0 Å². The van der Waals surface area contributed by atoms with Gasteiger partial charge in [-0.25, -0.2) is 0 Å². The molecule has 44 valence electrons. The van der Waals surface area contributed by atoms with Crippen molar-refractivity contribution in [1.82, 2.24) is 0 Å². The van der Waals surface area contributed by atoms with Crippen molar-refractivity contribution in [2.24, 2.45) is 0 Å². The largest absolute Gasteiger partial charge is 0.103 e. The Balaban J connectivity index is 2.02. The maximum Gasteiger partial charge on any atom is -0.0283 e.